The van der Waals surface area contributed by atoms with Crippen LogP contribution < -0.4 is 0 Å². The summed E-state index contributed by atoms with van der Waals surface area (Å²) in [6, 6.07) is 35.8. The van der Waals surface area contributed by atoms with Crippen LogP contribution in [0.15, 0.2) is 109 Å². The van der Waals surface area contributed by atoms with Crippen molar-refractivity contribution in [3.63, 3.8) is 0 Å². The Morgan fingerprint density at radius 2 is 1.31 bits per heavy atom. The van der Waals surface area contributed by atoms with Crippen molar-refractivity contribution in [1.29, 1.82) is 5.26 Å². The van der Waals surface area contributed by atoms with E-state index in [1.54, 1.807) is 6.07 Å². The molecule has 0 bridgehead atoms. The van der Waals surface area contributed by atoms with E-state index in [4.69, 9.17) is 14.2 Å². The number of ether oxygens (including phenoxy) is 3. The number of rotatable bonds is 12. The summed E-state index contributed by atoms with van der Waals surface area (Å²) in [7, 11) is 0. The van der Waals surface area contributed by atoms with E-state index in [9.17, 15) is 9.65 Å². The lowest BCUT2D eigenvalue weighted by atomic mass is 9.91. The fourth-order valence-electron chi connectivity index (χ4n) is 6.88. The van der Waals surface area contributed by atoms with Gasteiger partial charge in [-0.2, -0.15) is 5.26 Å². The Bertz CT molecular complexity index is 1700. The number of fused-ring (bicyclic) bond motifs is 1. The van der Waals surface area contributed by atoms with Gasteiger partial charge in [0.2, 0.25) is 0 Å². The molecule has 2 saturated heterocycles. The van der Waals surface area contributed by atoms with E-state index in [0.717, 1.165) is 16.7 Å². The van der Waals surface area contributed by atoms with Gasteiger partial charge < -0.3 is 24.0 Å². The molecule has 2 heterocycles. The van der Waals surface area contributed by atoms with Gasteiger partial charge in [-0.25, -0.2) is 9.18 Å². The first-order chi connectivity index (χ1) is 23.3. The summed E-state index contributed by atoms with van der Waals surface area (Å²) in [6.45, 7) is 5.44. The number of hydrogen-bond donors (Lipinski definition) is 0. The molecule has 0 saturated carbocycles. The Labute approximate surface area is 282 Å². The zero-order valence-electron chi connectivity index (χ0n) is 27.5. The Kier molecular flexibility index (Phi) is 10.5. The number of benzene rings is 4. The molecule has 248 valence electrons. The first kappa shape index (κ1) is 33.4. The van der Waals surface area contributed by atoms with Gasteiger partial charge in [-0.05, 0) is 67.5 Å². The largest absolute Gasteiger partial charge is 0.377 e. The fourth-order valence-corrected chi connectivity index (χ4v) is 6.88. The SMILES string of the molecule is CC1(C)O[C@@H]2[C@@H](O1)[C@@H](Cc1ccccc1)N(Cc1ccc(F)c(C#N)c1)C(=O)N(CCCOCc1ccccc1)[C@@H]2Cc1ccccc1. The minimum atomic E-state index is -0.875. The van der Waals surface area contributed by atoms with Crippen molar-refractivity contribution in [2.45, 2.75) is 76.3 Å². The third-order valence-corrected chi connectivity index (χ3v) is 9.09. The zero-order chi connectivity index (χ0) is 33.5. The van der Waals surface area contributed by atoms with E-state index >= 15 is 4.79 Å². The van der Waals surface area contributed by atoms with Crippen LogP contribution in [0.25, 0.3) is 0 Å². The Balaban J connectivity index is 1.37. The zero-order valence-corrected chi connectivity index (χ0v) is 27.5. The lowest BCUT2D eigenvalue weighted by molar-refractivity contribution is -0.157. The first-order valence-electron chi connectivity index (χ1n) is 16.6. The summed E-state index contributed by atoms with van der Waals surface area (Å²) in [6.07, 6.45) is 0.867. The van der Waals surface area contributed by atoms with Crippen LogP contribution in [-0.2, 0) is 40.2 Å². The molecule has 6 rings (SSSR count). The predicted octanol–water partition coefficient (Wildman–Crippen LogP) is 7.28. The normalized spacial score (nSPS) is 21.8. The van der Waals surface area contributed by atoms with Gasteiger partial charge in [-0.3, -0.25) is 0 Å². The van der Waals surface area contributed by atoms with Gasteiger partial charge in [0, 0.05) is 19.7 Å². The number of hydrogen-bond acceptors (Lipinski definition) is 5. The van der Waals surface area contributed by atoms with Crippen molar-refractivity contribution in [3.8, 4) is 6.07 Å². The van der Waals surface area contributed by atoms with Crippen LogP contribution in [0.2, 0.25) is 0 Å². The smallest absolute Gasteiger partial charge is 0.321 e. The number of halogens is 1. The van der Waals surface area contributed by atoms with Crippen LogP contribution in [-0.4, -0.2) is 59.1 Å². The summed E-state index contributed by atoms with van der Waals surface area (Å²) in [5.41, 5.74) is 3.87. The minimum Gasteiger partial charge on any atom is -0.377 e. The van der Waals surface area contributed by atoms with E-state index < -0.39 is 29.9 Å². The van der Waals surface area contributed by atoms with Crippen LogP contribution in [0.3, 0.4) is 0 Å². The standard InChI is InChI=1S/C40H42FN3O4/c1-40(2)47-37-35(24-29-13-6-3-7-14-29)43(21-12-22-46-28-31-17-10-5-11-18-31)39(45)44(27-32-19-20-34(41)33(23-32)26-42)36(38(37)48-40)25-30-15-8-4-9-16-30/h3-11,13-20,23,35-38H,12,21-22,24-25,27-28H2,1-2H3/t35-,36-,37+,38+/m1/s1. The van der Waals surface area contributed by atoms with E-state index in [1.165, 1.54) is 12.1 Å². The maximum Gasteiger partial charge on any atom is 0.321 e. The summed E-state index contributed by atoms with van der Waals surface area (Å²) in [5, 5.41) is 9.58. The molecular weight excluding hydrogens is 605 g/mol. The molecule has 8 heteroatoms. The van der Waals surface area contributed by atoms with Gasteiger partial charge in [-0.15, -0.1) is 0 Å². The molecular formula is C40H42FN3O4. The molecule has 2 amide bonds. The first-order valence-corrected chi connectivity index (χ1v) is 16.6. The second-order valence-electron chi connectivity index (χ2n) is 13.0. The average Bonchev–Trinajstić information content (AvgIpc) is 3.40. The third kappa shape index (κ3) is 7.94. The van der Waals surface area contributed by atoms with E-state index in [2.05, 4.69) is 24.3 Å². The van der Waals surface area contributed by atoms with E-state index in [-0.39, 0.29) is 24.2 Å². The highest BCUT2D eigenvalue weighted by Gasteiger charge is 2.55. The second-order valence-corrected chi connectivity index (χ2v) is 13.0. The van der Waals surface area contributed by atoms with Crippen molar-refractivity contribution in [2.75, 3.05) is 13.2 Å². The van der Waals surface area contributed by atoms with Gasteiger partial charge in [0.15, 0.2) is 5.79 Å². The average molecular weight is 648 g/mol. The highest BCUT2D eigenvalue weighted by molar-refractivity contribution is 5.76. The van der Waals surface area contributed by atoms with Gasteiger partial charge in [-0.1, -0.05) is 97.1 Å². The van der Waals surface area contributed by atoms with Crippen molar-refractivity contribution < 1.29 is 23.4 Å². The predicted molar refractivity (Wildman–Crippen MR) is 181 cm³/mol. The minimum absolute atomic E-state index is 0.0526. The van der Waals surface area contributed by atoms with E-state index in [0.29, 0.717) is 44.6 Å². The van der Waals surface area contributed by atoms with Crippen LogP contribution in [0, 0.1) is 17.1 Å². The van der Waals surface area contributed by atoms with Crippen molar-refractivity contribution >= 4 is 6.03 Å². The Morgan fingerprint density at radius 1 is 0.771 bits per heavy atom. The molecule has 4 aromatic rings. The molecule has 4 atom stereocenters. The number of carbonyl (C=O) groups excluding carboxylic acids is 1. The molecule has 0 N–H and O–H groups in total. The van der Waals surface area contributed by atoms with Crippen molar-refractivity contribution in [3.05, 3.63) is 143 Å². The maximum atomic E-state index is 15.0. The summed E-state index contributed by atoms with van der Waals surface area (Å²) in [4.78, 5) is 18.8. The molecule has 7 nitrogen and oxygen atoms in total. The summed E-state index contributed by atoms with van der Waals surface area (Å²) < 4.78 is 33.9. The Morgan fingerprint density at radius 3 is 1.88 bits per heavy atom. The molecule has 2 fully saturated rings. The quantitative estimate of drug-likeness (QED) is 0.151. The lowest BCUT2D eigenvalue weighted by Gasteiger charge is -2.37. The molecule has 48 heavy (non-hydrogen) atoms. The second kappa shape index (κ2) is 15.1. The molecule has 0 spiro atoms. The maximum absolute atomic E-state index is 15.0. The summed E-state index contributed by atoms with van der Waals surface area (Å²) in [5.74, 6) is -1.46. The highest BCUT2D eigenvalue weighted by atomic mass is 19.1. The molecule has 2 aliphatic heterocycles. The summed E-state index contributed by atoms with van der Waals surface area (Å²) >= 11 is 0. The van der Waals surface area contributed by atoms with Crippen LogP contribution in [0.4, 0.5) is 9.18 Å². The van der Waals surface area contributed by atoms with Crippen molar-refractivity contribution in [1.82, 2.24) is 9.80 Å². The molecule has 0 aliphatic carbocycles. The van der Waals surface area contributed by atoms with Gasteiger partial charge in [0.1, 0.15) is 24.1 Å². The van der Waals surface area contributed by atoms with Crippen molar-refractivity contribution in [2.24, 2.45) is 0 Å². The topological polar surface area (TPSA) is 75.0 Å². The molecule has 4 aromatic carbocycles. The van der Waals surface area contributed by atoms with Crippen LogP contribution in [0.5, 0.6) is 0 Å². The number of nitrogens with zero attached hydrogens (tertiary/aromatic N) is 3. The van der Waals surface area contributed by atoms with Gasteiger partial charge in [0.25, 0.3) is 0 Å². The van der Waals surface area contributed by atoms with Crippen LogP contribution >= 0.6 is 0 Å². The molecule has 0 radical (unpaired) electrons. The van der Waals surface area contributed by atoms with Gasteiger partial charge in [0.05, 0.1) is 24.3 Å². The monoisotopic (exact) mass is 647 g/mol. The van der Waals surface area contributed by atoms with Crippen LogP contribution in [0.1, 0.15) is 48.1 Å². The third-order valence-electron chi connectivity index (χ3n) is 9.09. The van der Waals surface area contributed by atoms with E-state index in [1.807, 2.05) is 96.4 Å². The lowest BCUT2D eigenvalue weighted by Crippen LogP contribution is -2.52. The molecule has 0 aromatic heterocycles. The van der Waals surface area contributed by atoms with Gasteiger partial charge >= 0.3 is 6.03 Å². The number of amides is 2. The molecule has 0 unspecified atom stereocenters. The fraction of sp³-hybridized carbons (Fsp3) is 0.350. The Hall–Kier alpha value is -4.55. The number of carbonyl (C=O) groups is 1. The molecule has 2 aliphatic rings. The highest BCUT2D eigenvalue weighted by Crippen LogP contribution is 2.40. The number of urea groups is 1. The number of nitriles is 1.